The van der Waals surface area contributed by atoms with Crippen LogP contribution >= 0.6 is 0 Å². The zero-order chi connectivity index (χ0) is 10.3. The van der Waals surface area contributed by atoms with Crippen LogP contribution in [0.4, 0.5) is 0 Å². The molecule has 13 heavy (non-hydrogen) atoms. The first-order chi connectivity index (χ1) is 6.04. The minimum absolute atomic E-state index is 0.326. The molecule has 0 aromatic heterocycles. The molecule has 0 rings (SSSR count). The minimum Gasteiger partial charge on any atom is -0.481 e. The first-order valence-electron chi connectivity index (χ1n) is 4.26. The summed E-state index contributed by atoms with van der Waals surface area (Å²) in [6, 6.07) is 0. The first-order valence-corrected chi connectivity index (χ1v) is 4.26. The third kappa shape index (κ3) is 7.27. The summed E-state index contributed by atoms with van der Waals surface area (Å²) in [6.07, 6.45) is 0.996. The maximum atomic E-state index is 10.4. The average molecular weight is 188 g/mol. The molecule has 5 nitrogen and oxygen atoms in total. The molecule has 0 spiro atoms. The van der Waals surface area contributed by atoms with Gasteiger partial charge in [0.25, 0.3) is 0 Å². The van der Waals surface area contributed by atoms with Crippen LogP contribution in [0, 0.1) is 5.92 Å². The molecule has 1 amide bonds. The number of carbonyl (C=O) groups is 2. The van der Waals surface area contributed by atoms with Crippen LogP contribution in [0.1, 0.15) is 19.8 Å². The zero-order valence-electron chi connectivity index (χ0n) is 7.75. The number of carboxylic acid groups (broad SMARTS) is 1. The number of nitrogens with one attached hydrogen (secondary N) is 1. The molecule has 0 saturated carbocycles. The lowest BCUT2D eigenvalue weighted by molar-refractivity contribution is -0.141. The van der Waals surface area contributed by atoms with Crippen molar-refractivity contribution in [3.63, 3.8) is 0 Å². The van der Waals surface area contributed by atoms with Crippen molar-refractivity contribution < 1.29 is 14.7 Å². The molecule has 0 aliphatic rings. The van der Waals surface area contributed by atoms with Gasteiger partial charge in [0.05, 0.1) is 5.92 Å². The van der Waals surface area contributed by atoms with E-state index in [1.807, 2.05) is 0 Å². The second-order valence-corrected chi connectivity index (χ2v) is 3.01. The van der Waals surface area contributed by atoms with Crippen molar-refractivity contribution in [1.29, 1.82) is 0 Å². The minimum atomic E-state index is -0.817. The van der Waals surface area contributed by atoms with Gasteiger partial charge in [-0.15, -0.1) is 0 Å². The number of carboxylic acids is 1. The van der Waals surface area contributed by atoms with Crippen LogP contribution in [0.2, 0.25) is 0 Å². The van der Waals surface area contributed by atoms with Crippen LogP contribution in [0.3, 0.4) is 0 Å². The van der Waals surface area contributed by atoms with Crippen LogP contribution in [0.25, 0.3) is 0 Å². The summed E-state index contributed by atoms with van der Waals surface area (Å²) in [4.78, 5) is 20.7. The van der Waals surface area contributed by atoms with E-state index in [1.54, 1.807) is 6.92 Å². The van der Waals surface area contributed by atoms with E-state index in [0.717, 1.165) is 0 Å². The molecule has 0 aromatic rings. The van der Waals surface area contributed by atoms with Crippen LogP contribution in [0.15, 0.2) is 0 Å². The number of rotatable bonds is 7. The maximum absolute atomic E-state index is 10.4. The predicted molar refractivity (Wildman–Crippen MR) is 48.1 cm³/mol. The van der Waals surface area contributed by atoms with Crippen molar-refractivity contribution in [2.75, 3.05) is 13.1 Å². The van der Waals surface area contributed by atoms with Crippen molar-refractivity contribution in [1.82, 2.24) is 5.32 Å². The highest BCUT2D eigenvalue weighted by atomic mass is 16.4. The standard InChI is InChI=1S/C8H16N2O3/c1-6(8(12)13)5-10-4-2-3-7(9)11/h6,10H,2-5H2,1H3,(H2,9,11)(H,12,13). The second-order valence-electron chi connectivity index (χ2n) is 3.01. The molecule has 0 saturated heterocycles. The molecule has 0 fully saturated rings. The summed E-state index contributed by atoms with van der Waals surface area (Å²) >= 11 is 0. The van der Waals surface area contributed by atoms with Gasteiger partial charge in [-0.1, -0.05) is 6.92 Å². The summed E-state index contributed by atoms with van der Waals surface area (Å²) in [5.41, 5.74) is 4.92. The van der Waals surface area contributed by atoms with Gasteiger partial charge in [-0.3, -0.25) is 9.59 Å². The van der Waals surface area contributed by atoms with Crippen molar-refractivity contribution in [3.8, 4) is 0 Å². The Hall–Kier alpha value is -1.10. The molecule has 5 heteroatoms. The fraction of sp³-hybridized carbons (Fsp3) is 0.750. The van der Waals surface area contributed by atoms with E-state index in [1.165, 1.54) is 0 Å². The number of carbonyl (C=O) groups excluding carboxylic acids is 1. The lowest BCUT2D eigenvalue weighted by atomic mass is 10.2. The quantitative estimate of drug-likeness (QED) is 0.472. The van der Waals surface area contributed by atoms with E-state index in [2.05, 4.69) is 5.32 Å². The van der Waals surface area contributed by atoms with Crippen LogP contribution < -0.4 is 11.1 Å². The molecule has 0 radical (unpaired) electrons. The molecule has 1 unspecified atom stereocenters. The fourth-order valence-electron chi connectivity index (χ4n) is 0.793. The Morgan fingerprint density at radius 3 is 2.62 bits per heavy atom. The lowest BCUT2D eigenvalue weighted by Gasteiger charge is -2.06. The molecule has 4 N–H and O–H groups in total. The molecule has 1 atom stereocenters. The summed E-state index contributed by atoms with van der Waals surface area (Å²) < 4.78 is 0. The Bertz CT molecular complexity index is 182. The summed E-state index contributed by atoms with van der Waals surface area (Å²) in [5, 5.41) is 11.4. The number of hydrogen-bond acceptors (Lipinski definition) is 3. The monoisotopic (exact) mass is 188 g/mol. The van der Waals surface area contributed by atoms with E-state index < -0.39 is 11.9 Å². The summed E-state index contributed by atoms with van der Waals surface area (Å²) in [5.74, 6) is -1.54. The number of amides is 1. The topological polar surface area (TPSA) is 92.4 Å². The van der Waals surface area contributed by atoms with E-state index in [9.17, 15) is 9.59 Å². The SMILES string of the molecule is CC(CNCCCC(N)=O)C(=O)O. The number of aliphatic carboxylic acids is 1. The number of nitrogens with two attached hydrogens (primary N) is 1. The van der Waals surface area contributed by atoms with E-state index in [4.69, 9.17) is 10.8 Å². The van der Waals surface area contributed by atoms with Gasteiger partial charge in [-0.05, 0) is 13.0 Å². The Labute approximate surface area is 77.3 Å². The Morgan fingerprint density at radius 2 is 2.15 bits per heavy atom. The van der Waals surface area contributed by atoms with Crippen molar-refractivity contribution in [3.05, 3.63) is 0 Å². The van der Waals surface area contributed by atoms with Gasteiger partial charge in [0.15, 0.2) is 0 Å². The van der Waals surface area contributed by atoms with E-state index >= 15 is 0 Å². The smallest absolute Gasteiger partial charge is 0.307 e. The van der Waals surface area contributed by atoms with Gasteiger partial charge in [0.2, 0.25) is 5.91 Å². The Kier molecular flexibility index (Phi) is 5.88. The van der Waals surface area contributed by atoms with Crippen LogP contribution in [-0.4, -0.2) is 30.1 Å². The predicted octanol–water partition coefficient (Wildman–Crippen LogP) is -0.438. The maximum Gasteiger partial charge on any atom is 0.307 e. The van der Waals surface area contributed by atoms with E-state index in [-0.39, 0.29) is 5.91 Å². The Balaban J connectivity index is 3.26. The normalized spacial score (nSPS) is 12.4. The zero-order valence-corrected chi connectivity index (χ0v) is 7.75. The summed E-state index contributed by atoms with van der Waals surface area (Å²) in [6.45, 7) is 2.68. The van der Waals surface area contributed by atoms with Crippen molar-refractivity contribution in [2.45, 2.75) is 19.8 Å². The lowest BCUT2D eigenvalue weighted by Crippen LogP contribution is -2.27. The fourth-order valence-corrected chi connectivity index (χ4v) is 0.793. The van der Waals surface area contributed by atoms with Gasteiger partial charge >= 0.3 is 5.97 Å². The van der Waals surface area contributed by atoms with Gasteiger partial charge < -0.3 is 16.2 Å². The molecule has 0 heterocycles. The molecular formula is C8H16N2O3. The van der Waals surface area contributed by atoms with Gasteiger partial charge in [0.1, 0.15) is 0 Å². The number of hydrogen-bond donors (Lipinski definition) is 3. The van der Waals surface area contributed by atoms with Crippen LogP contribution in [0.5, 0.6) is 0 Å². The molecular weight excluding hydrogens is 172 g/mol. The van der Waals surface area contributed by atoms with Gasteiger partial charge in [-0.2, -0.15) is 0 Å². The highest BCUT2D eigenvalue weighted by Gasteiger charge is 2.08. The van der Waals surface area contributed by atoms with Crippen LogP contribution in [-0.2, 0) is 9.59 Å². The second kappa shape index (κ2) is 6.42. The highest BCUT2D eigenvalue weighted by Crippen LogP contribution is 1.92. The first kappa shape index (κ1) is 11.9. The van der Waals surface area contributed by atoms with E-state index in [0.29, 0.717) is 25.9 Å². The average Bonchev–Trinajstić information content (AvgIpc) is 2.02. The molecule has 0 aromatic carbocycles. The molecule has 0 bridgehead atoms. The molecule has 76 valence electrons. The largest absolute Gasteiger partial charge is 0.481 e. The van der Waals surface area contributed by atoms with Crippen molar-refractivity contribution in [2.24, 2.45) is 11.7 Å². The summed E-state index contributed by atoms with van der Waals surface area (Å²) in [7, 11) is 0. The molecule has 0 aliphatic heterocycles. The highest BCUT2D eigenvalue weighted by molar-refractivity contribution is 5.73. The third-order valence-electron chi connectivity index (χ3n) is 1.65. The Morgan fingerprint density at radius 1 is 1.54 bits per heavy atom. The van der Waals surface area contributed by atoms with Gasteiger partial charge in [-0.25, -0.2) is 0 Å². The van der Waals surface area contributed by atoms with Gasteiger partial charge in [0, 0.05) is 13.0 Å². The molecule has 0 aliphatic carbocycles. The van der Waals surface area contributed by atoms with Crippen molar-refractivity contribution >= 4 is 11.9 Å². The number of primary amides is 1. The third-order valence-corrected chi connectivity index (χ3v) is 1.65.